The van der Waals surface area contributed by atoms with Crippen LogP contribution in [0.15, 0.2) is 47.7 Å². The Morgan fingerprint density at radius 1 is 1.21 bits per heavy atom. The number of carboxylic acids is 1. The third-order valence-corrected chi connectivity index (χ3v) is 7.73. The van der Waals surface area contributed by atoms with Crippen LogP contribution in [0.3, 0.4) is 0 Å². The third-order valence-electron chi connectivity index (χ3n) is 7.41. The number of pyridine rings is 1. The lowest BCUT2D eigenvalue weighted by Crippen LogP contribution is -2.52. The van der Waals surface area contributed by atoms with Gasteiger partial charge in [-0.05, 0) is 63.8 Å². The summed E-state index contributed by atoms with van der Waals surface area (Å²) in [6.07, 6.45) is -0.188. The number of halogens is 4. The van der Waals surface area contributed by atoms with E-state index in [0.717, 1.165) is 11.1 Å². The summed E-state index contributed by atoms with van der Waals surface area (Å²) in [5, 5.41) is 10.9. The van der Waals surface area contributed by atoms with E-state index >= 15 is 0 Å². The van der Waals surface area contributed by atoms with Gasteiger partial charge in [-0.25, -0.2) is 9.79 Å². The lowest BCUT2D eigenvalue weighted by atomic mass is 9.89. The molecule has 2 aromatic rings. The van der Waals surface area contributed by atoms with Crippen molar-refractivity contribution in [1.82, 2.24) is 15.2 Å². The van der Waals surface area contributed by atoms with E-state index in [1.54, 1.807) is 17.3 Å². The molecule has 1 saturated carbocycles. The summed E-state index contributed by atoms with van der Waals surface area (Å²) in [5.74, 6) is -2.43. The Kier molecular flexibility index (Phi) is 8.70. The molecule has 5 rings (SSSR count). The number of nitrogens with one attached hydrogen (secondary N) is 1. The molecule has 0 saturated heterocycles. The summed E-state index contributed by atoms with van der Waals surface area (Å²) in [7, 11) is 0. The number of amides is 2. The number of aromatic nitrogens is 1. The molecule has 3 heterocycles. The molecule has 1 unspecified atom stereocenters. The van der Waals surface area contributed by atoms with Gasteiger partial charge in [0.25, 0.3) is 0 Å². The van der Waals surface area contributed by atoms with Crippen molar-refractivity contribution in [3.05, 3.63) is 58.9 Å². The number of hydrogen-bond acceptors (Lipinski definition) is 7. The summed E-state index contributed by atoms with van der Waals surface area (Å²) in [6.45, 7) is 7.78. The fourth-order valence-electron chi connectivity index (χ4n) is 5.57. The first-order valence-electron chi connectivity index (χ1n) is 13.6. The molecule has 14 heteroatoms. The lowest BCUT2D eigenvalue weighted by molar-refractivity contribution is -0.192. The standard InChI is InChI=1S/C27H32ClN5O3.C2HF3O2/c1-26(2)13-21(34)33(25(29)32-26)23(15-7-6-10-30-14-15)16-11-17(16)24(35)31-19-12-27(3,4)36-20-9-5-8-18(28)22(19)20;3-2(4,5)1(6)7/h5-10,14,16-17,19,23H,11-13H2,1-4H3,(H2,29,32)(H,31,35);(H,6,7)/t16-,17-,19?,23-;/m1./s1. The van der Waals surface area contributed by atoms with Crippen molar-refractivity contribution in [3.63, 3.8) is 0 Å². The zero-order chi connectivity index (χ0) is 31.9. The van der Waals surface area contributed by atoms with E-state index in [2.05, 4.69) is 15.3 Å². The highest BCUT2D eigenvalue weighted by molar-refractivity contribution is 6.31. The van der Waals surface area contributed by atoms with Crippen LogP contribution in [0.2, 0.25) is 5.02 Å². The molecule has 1 aliphatic carbocycles. The van der Waals surface area contributed by atoms with Gasteiger partial charge >= 0.3 is 12.1 Å². The van der Waals surface area contributed by atoms with Crippen molar-refractivity contribution >= 4 is 35.3 Å². The van der Waals surface area contributed by atoms with Crippen LogP contribution in [0.5, 0.6) is 5.75 Å². The minimum atomic E-state index is -5.08. The number of carbonyl (C=O) groups excluding carboxylic acids is 2. The summed E-state index contributed by atoms with van der Waals surface area (Å²) < 4.78 is 37.8. The predicted molar refractivity (Wildman–Crippen MR) is 151 cm³/mol. The molecule has 2 aliphatic heterocycles. The molecule has 232 valence electrons. The van der Waals surface area contributed by atoms with E-state index in [0.29, 0.717) is 23.6 Å². The van der Waals surface area contributed by atoms with Crippen molar-refractivity contribution in [1.29, 1.82) is 0 Å². The Hall–Kier alpha value is -3.87. The van der Waals surface area contributed by atoms with Crippen LogP contribution in [0, 0.1) is 11.8 Å². The SMILES string of the molecule is CC1(C)CC(=O)N([C@H](c2cccnc2)[C@@H]2C[C@H]2C(=O)NC2CC(C)(C)Oc3cccc(Cl)c32)C(N)=N1.O=C(O)C(F)(F)F. The number of alkyl halides is 3. The number of nitrogens with two attached hydrogens (primary N) is 1. The first-order chi connectivity index (χ1) is 19.9. The van der Waals surface area contributed by atoms with E-state index < -0.39 is 29.3 Å². The van der Waals surface area contributed by atoms with E-state index in [4.69, 9.17) is 32.0 Å². The molecule has 2 amide bonds. The molecular formula is C29H33ClF3N5O5. The molecule has 3 aliphatic rings. The number of rotatable bonds is 5. The monoisotopic (exact) mass is 623 g/mol. The first kappa shape index (κ1) is 32.1. The fourth-order valence-corrected chi connectivity index (χ4v) is 5.86. The lowest BCUT2D eigenvalue weighted by Gasteiger charge is -2.39. The zero-order valence-corrected chi connectivity index (χ0v) is 24.7. The van der Waals surface area contributed by atoms with E-state index in [9.17, 15) is 22.8 Å². The first-order valence-corrected chi connectivity index (χ1v) is 13.9. The Morgan fingerprint density at radius 3 is 2.47 bits per heavy atom. The number of aliphatic carboxylic acids is 1. The van der Waals surface area contributed by atoms with Gasteiger partial charge in [0.2, 0.25) is 11.8 Å². The van der Waals surface area contributed by atoms with E-state index in [1.165, 1.54) is 0 Å². The van der Waals surface area contributed by atoms with Crippen molar-refractivity contribution in [2.75, 3.05) is 0 Å². The van der Waals surface area contributed by atoms with Crippen molar-refractivity contribution in [3.8, 4) is 5.75 Å². The number of nitrogens with zero attached hydrogens (tertiary/aromatic N) is 3. The molecule has 4 N–H and O–H groups in total. The molecule has 43 heavy (non-hydrogen) atoms. The van der Waals surface area contributed by atoms with Gasteiger partial charge in [-0.15, -0.1) is 0 Å². The molecule has 10 nitrogen and oxygen atoms in total. The number of guanidine groups is 1. The molecule has 0 radical (unpaired) electrons. The highest BCUT2D eigenvalue weighted by atomic mass is 35.5. The van der Waals surface area contributed by atoms with Gasteiger partial charge in [0.15, 0.2) is 5.96 Å². The van der Waals surface area contributed by atoms with Gasteiger partial charge in [0, 0.05) is 35.3 Å². The molecule has 0 spiro atoms. The summed E-state index contributed by atoms with van der Waals surface area (Å²) in [4.78, 5) is 46.0. The van der Waals surface area contributed by atoms with Crippen LogP contribution < -0.4 is 15.8 Å². The molecule has 1 aromatic heterocycles. The summed E-state index contributed by atoms with van der Waals surface area (Å²) in [5.41, 5.74) is 6.96. The van der Waals surface area contributed by atoms with Gasteiger partial charge in [-0.3, -0.25) is 19.5 Å². The van der Waals surface area contributed by atoms with Crippen LogP contribution in [-0.2, 0) is 14.4 Å². The Labute approximate surface area is 251 Å². The quantitative estimate of drug-likeness (QED) is 0.434. The minimum Gasteiger partial charge on any atom is -0.487 e. The number of benzene rings is 1. The van der Waals surface area contributed by atoms with Gasteiger partial charge in [0.1, 0.15) is 11.4 Å². The van der Waals surface area contributed by atoms with Gasteiger partial charge in [-0.2, -0.15) is 13.2 Å². The highest BCUT2D eigenvalue weighted by Crippen LogP contribution is 2.52. The topological polar surface area (TPSA) is 147 Å². The van der Waals surface area contributed by atoms with Crippen LogP contribution in [0.1, 0.15) is 70.2 Å². The zero-order valence-electron chi connectivity index (χ0n) is 24.0. The Bertz CT molecular complexity index is 1430. The molecular weight excluding hydrogens is 591 g/mol. The van der Waals surface area contributed by atoms with E-state index in [-0.39, 0.29) is 42.1 Å². The second-order valence-corrected chi connectivity index (χ2v) is 12.4. The average Bonchev–Trinajstić information content (AvgIpc) is 3.66. The highest BCUT2D eigenvalue weighted by Gasteiger charge is 2.53. The smallest absolute Gasteiger partial charge is 0.487 e. The van der Waals surface area contributed by atoms with Crippen molar-refractivity contribution < 1.29 is 37.4 Å². The van der Waals surface area contributed by atoms with Crippen molar-refractivity contribution in [2.45, 2.75) is 76.4 Å². The fraction of sp³-hybridized carbons (Fsp3) is 0.483. The molecule has 4 atom stereocenters. The molecule has 1 aromatic carbocycles. The Balaban J connectivity index is 0.000000541. The van der Waals surface area contributed by atoms with Crippen LogP contribution >= 0.6 is 11.6 Å². The number of ether oxygens (including phenoxy) is 1. The van der Waals surface area contributed by atoms with Crippen molar-refractivity contribution in [2.24, 2.45) is 22.6 Å². The third kappa shape index (κ3) is 7.38. The Morgan fingerprint density at radius 2 is 1.88 bits per heavy atom. The largest absolute Gasteiger partial charge is 0.490 e. The van der Waals surface area contributed by atoms with Crippen LogP contribution in [0.25, 0.3) is 0 Å². The number of hydrogen-bond donors (Lipinski definition) is 3. The van der Waals surface area contributed by atoms with Gasteiger partial charge in [-0.1, -0.05) is 23.7 Å². The maximum absolute atomic E-state index is 13.5. The van der Waals surface area contributed by atoms with Crippen LogP contribution in [0.4, 0.5) is 13.2 Å². The maximum Gasteiger partial charge on any atom is 0.490 e. The summed E-state index contributed by atoms with van der Waals surface area (Å²) >= 11 is 6.52. The number of aliphatic imine (C=N–C) groups is 1. The number of fused-ring (bicyclic) bond motifs is 1. The van der Waals surface area contributed by atoms with E-state index in [1.807, 2.05) is 58.0 Å². The maximum atomic E-state index is 13.5. The second kappa shape index (κ2) is 11.7. The summed E-state index contributed by atoms with van der Waals surface area (Å²) in [6, 6.07) is 8.60. The molecule has 1 fully saturated rings. The van der Waals surface area contributed by atoms with Crippen LogP contribution in [-0.4, -0.2) is 56.0 Å². The predicted octanol–water partition coefficient (Wildman–Crippen LogP) is 4.79. The van der Waals surface area contributed by atoms with Gasteiger partial charge < -0.3 is 20.9 Å². The molecule has 0 bridgehead atoms. The second-order valence-electron chi connectivity index (χ2n) is 12.0. The van der Waals surface area contributed by atoms with Gasteiger partial charge in [0.05, 0.1) is 24.0 Å². The average molecular weight is 624 g/mol. The normalized spacial score (nSPS) is 24.3. The minimum absolute atomic E-state index is 0.0669. The number of carbonyl (C=O) groups is 3. The number of carboxylic acid groups (broad SMARTS) is 1.